The van der Waals surface area contributed by atoms with E-state index >= 15 is 0 Å². The summed E-state index contributed by atoms with van der Waals surface area (Å²) in [4.78, 5) is 0. The summed E-state index contributed by atoms with van der Waals surface area (Å²) in [5.41, 5.74) is 1.94. The summed E-state index contributed by atoms with van der Waals surface area (Å²) in [7, 11) is 0. The zero-order chi connectivity index (χ0) is 13.1. The van der Waals surface area contributed by atoms with Gasteiger partial charge in [-0.2, -0.15) is 0 Å². The second-order valence-corrected chi connectivity index (χ2v) is 4.60. The lowest BCUT2D eigenvalue weighted by molar-refractivity contribution is 0.174. The van der Waals surface area contributed by atoms with E-state index in [1.807, 2.05) is 26.0 Å². The van der Waals surface area contributed by atoms with Gasteiger partial charge < -0.3 is 14.6 Å². The van der Waals surface area contributed by atoms with E-state index in [1.54, 1.807) is 6.08 Å². The van der Waals surface area contributed by atoms with E-state index in [-0.39, 0.29) is 6.10 Å². The SMILES string of the molecule is C=CCC(O)c1cc2c(cc1OCC)CC(C)O2. The van der Waals surface area contributed by atoms with E-state index in [4.69, 9.17) is 9.47 Å². The van der Waals surface area contributed by atoms with E-state index < -0.39 is 6.10 Å². The molecule has 98 valence electrons. The van der Waals surface area contributed by atoms with Gasteiger partial charge in [-0.1, -0.05) is 6.08 Å². The first kappa shape index (κ1) is 13.0. The fraction of sp³-hybridized carbons (Fsp3) is 0.467. The maximum absolute atomic E-state index is 10.1. The molecule has 0 aliphatic carbocycles. The van der Waals surface area contributed by atoms with E-state index in [0.717, 1.165) is 29.0 Å². The number of ether oxygens (including phenoxy) is 2. The molecule has 1 heterocycles. The van der Waals surface area contributed by atoms with Crippen LogP contribution in [0.3, 0.4) is 0 Å². The molecule has 0 radical (unpaired) electrons. The standard InChI is InChI=1S/C15H20O3/c1-4-6-13(16)12-9-14-11(7-10(3)18-14)8-15(12)17-5-2/h4,8-10,13,16H,1,5-7H2,2-3H3. The first-order valence-electron chi connectivity index (χ1n) is 6.41. The Morgan fingerprint density at radius 3 is 3.06 bits per heavy atom. The Hall–Kier alpha value is -1.48. The summed E-state index contributed by atoms with van der Waals surface area (Å²) in [6, 6.07) is 3.89. The Morgan fingerprint density at radius 2 is 2.39 bits per heavy atom. The van der Waals surface area contributed by atoms with Gasteiger partial charge in [0.05, 0.1) is 12.7 Å². The molecule has 2 atom stereocenters. The predicted molar refractivity (Wildman–Crippen MR) is 71.2 cm³/mol. The van der Waals surface area contributed by atoms with Crippen LogP contribution in [-0.2, 0) is 6.42 Å². The smallest absolute Gasteiger partial charge is 0.125 e. The van der Waals surface area contributed by atoms with Crippen molar-refractivity contribution >= 4 is 0 Å². The van der Waals surface area contributed by atoms with Gasteiger partial charge in [-0.15, -0.1) is 6.58 Å². The summed E-state index contributed by atoms with van der Waals surface area (Å²) in [6.45, 7) is 8.22. The molecule has 0 saturated heterocycles. The first-order chi connectivity index (χ1) is 8.65. The molecular weight excluding hydrogens is 228 g/mol. The highest BCUT2D eigenvalue weighted by atomic mass is 16.5. The van der Waals surface area contributed by atoms with Gasteiger partial charge in [0.15, 0.2) is 0 Å². The molecule has 0 bridgehead atoms. The van der Waals surface area contributed by atoms with Gasteiger partial charge in [-0.25, -0.2) is 0 Å². The van der Waals surface area contributed by atoms with E-state index in [1.165, 1.54) is 0 Å². The van der Waals surface area contributed by atoms with Crippen molar-refractivity contribution in [3.05, 3.63) is 35.9 Å². The zero-order valence-corrected chi connectivity index (χ0v) is 11.0. The Bertz CT molecular complexity index is 440. The van der Waals surface area contributed by atoms with Crippen molar-refractivity contribution in [1.82, 2.24) is 0 Å². The summed E-state index contributed by atoms with van der Waals surface area (Å²) in [5.74, 6) is 1.62. The van der Waals surface area contributed by atoms with Crippen LogP contribution in [0.5, 0.6) is 11.5 Å². The third-order valence-electron chi connectivity index (χ3n) is 3.08. The van der Waals surface area contributed by atoms with Gasteiger partial charge in [-0.05, 0) is 32.4 Å². The largest absolute Gasteiger partial charge is 0.493 e. The van der Waals surface area contributed by atoms with Gasteiger partial charge in [0.2, 0.25) is 0 Å². The van der Waals surface area contributed by atoms with Gasteiger partial charge in [-0.3, -0.25) is 0 Å². The molecule has 2 rings (SSSR count). The van der Waals surface area contributed by atoms with Gasteiger partial charge in [0.25, 0.3) is 0 Å². The number of rotatable bonds is 5. The molecule has 1 aliphatic heterocycles. The quantitative estimate of drug-likeness (QED) is 0.814. The maximum atomic E-state index is 10.1. The summed E-state index contributed by atoms with van der Waals surface area (Å²) in [5, 5.41) is 10.1. The molecule has 0 saturated carbocycles. The summed E-state index contributed by atoms with van der Waals surface area (Å²) < 4.78 is 11.3. The van der Waals surface area contributed by atoms with Crippen LogP contribution in [0.2, 0.25) is 0 Å². The molecule has 3 nitrogen and oxygen atoms in total. The second kappa shape index (κ2) is 5.44. The van der Waals surface area contributed by atoms with Crippen molar-refractivity contribution in [2.45, 2.75) is 38.9 Å². The van der Waals surface area contributed by atoms with Gasteiger partial charge >= 0.3 is 0 Å². The fourth-order valence-electron chi connectivity index (χ4n) is 2.28. The van der Waals surface area contributed by atoms with E-state index in [9.17, 15) is 5.11 Å². The number of fused-ring (bicyclic) bond motifs is 1. The van der Waals surface area contributed by atoms with E-state index in [0.29, 0.717) is 13.0 Å². The van der Waals surface area contributed by atoms with Gasteiger partial charge in [0.1, 0.15) is 17.6 Å². The highest BCUT2D eigenvalue weighted by Crippen LogP contribution is 2.38. The average Bonchev–Trinajstić information content (AvgIpc) is 2.68. The fourth-order valence-corrected chi connectivity index (χ4v) is 2.28. The van der Waals surface area contributed by atoms with Crippen LogP contribution in [0, 0.1) is 0 Å². The van der Waals surface area contributed by atoms with Crippen LogP contribution >= 0.6 is 0 Å². The molecule has 0 fully saturated rings. The number of hydrogen-bond donors (Lipinski definition) is 1. The molecular formula is C15H20O3. The second-order valence-electron chi connectivity index (χ2n) is 4.60. The molecule has 3 heteroatoms. The lowest BCUT2D eigenvalue weighted by Crippen LogP contribution is -2.05. The molecule has 0 aromatic heterocycles. The minimum Gasteiger partial charge on any atom is -0.493 e. The first-order valence-corrected chi connectivity index (χ1v) is 6.41. The third kappa shape index (κ3) is 2.51. The number of benzene rings is 1. The van der Waals surface area contributed by atoms with Gasteiger partial charge in [0, 0.05) is 17.5 Å². The molecule has 18 heavy (non-hydrogen) atoms. The van der Waals surface area contributed by atoms with E-state index in [2.05, 4.69) is 6.58 Å². The van der Waals surface area contributed by atoms with Crippen LogP contribution in [0.4, 0.5) is 0 Å². The number of aliphatic hydroxyl groups is 1. The van der Waals surface area contributed by atoms with Crippen molar-refractivity contribution in [3.63, 3.8) is 0 Å². The monoisotopic (exact) mass is 248 g/mol. The molecule has 1 aromatic rings. The molecule has 1 N–H and O–H groups in total. The van der Waals surface area contributed by atoms with Crippen LogP contribution in [0.1, 0.15) is 37.5 Å². The van der Waals surface area contributed by atoms with Crippen molar-refractivity contribution < 1.29 is 14.6 Å². The highest BCUT2D eigenvalue weighted by Gasteiger charge is 2.23. The van der Waals surface area contributed by atoms with Crippen LogP contribution in [0.25, 0.3) is 0 Å². The minimum atomic E-state index is -0.589. The van der Waals surface area contributed by atoms with Crippen molar-refractivity contribution in [3.8, 4) is 11.5 Å². The molecule has 1 aromatic carbocycles. The lowest BCUT2D eigenvalue weighted by Gasteiger charge is -2.16. The number of aliphatic hydroxyl groups excluding tert-OH is 1. The summed E-state index contributed by atoms with van der Waals surface area (Å²) in [6.07, 6.45) is 2.72. The topological polar surface area (TPSA) is 38.7 Å². The third-order valence-corrected chi connectivity index (χ3v) is 3.08. The average molecular weight is 248 g/mol. The Labute approximate surface area is 108 Å². The number of hydrogen-bond acceptors (Lipinski definition) is 3. The molecule has 0 spiro atoms. The maximum Gasteiger partial charge on any atom is 0.125 e. The van der Waals surface area contributed by atoms with Crippen LogP contribution in [-0.4, -0.2) is 17.8 Å². The van der Waals surface area contributed by atoms with Crippen molar-refractivity contribution in [2.24, 2.45) is 0 Å². The molecule has 2 unspecified atom stereocenters. The Morgan fingerprint density at radius 1 is 1.61 bits per heavy atom. The molecule has 0 amide bonds. The Balaban J connectivity index is 2.37. The summed E-state index contributed by atoms with van der Waals surface area (Å²) >= 11 is 0. The lowest BCUT2D eigenvalue weighted by atomic mass is 10.0. The van der Waals surface area contributed by atoms with Crippen molar-refractivity contribution in [1.29, 1.82) is 0 Å². The minimum absolute atomic E-state index is 0.196. The zero-order valence-electron chi connectivity index (χ0n) is 11.0. The normalized spacial score (nSPS) is 18.9. The highest BCUT2D eigenvalue weighted by molar-refractivity contribution is 5.49. The van der Waals surface area contributed by atoms with Crippen molar-refractivity contribution in [2.75, 3.05) is 6.61 Å². The predicted octanol–water partition coefficient (Wildman–Crippen LogP) is 3.02. The molecule has 1 aliphatic rings. The van der Waals surface area contributed by atoms with Crippen LogP contribution < -0.4 is 9.47 Å². The van der Waals surface area contributed by atoms with Crippen LogP contribution in [0.15, 0.2) is 24.8 Å². The Kier molecular flexibility index (Phi) is 3.92.